The Kier molecular flexibility index (Phi) is 9.98. The van der Waals surface area contributed by atoms with Gasteiger partial charge in [0.15, 0.2) is 17.3 Å². The zero-order chi connectivity index (χ0) is 28.9. The molecular formula is C29H37ClN2O7. The van der Waals surface area contributed by atoms with Gasteiger partial charge in [0.25, 0.3) is 5.91 Å². The summed E-state index contributed by atoms with van der Waals surface area (Å²) >= 11 is 6.44. The first-order valence-corrected chi connectivity index (χ1v) is 13.1. The largest absolute Gasteiger partial charge is 0.493 e. The lowest BCUT2D eigenvalue weighted by atomic mass is 9.94. The molecule has 0 saturated carbocycles. The van der Waals surface area contributed by atoms with Gasteiger partial charge in [0.1, 0.15) is 12.2 Å². The van der Waals surface area contributed by atoms with Gasteiger partial charge in [-0.2, -0.15) is 0 Å². The number of para-hydroxylation sites is 1. The van der Waals surface area contributed by atoms with Crippen molar-refractivity contribution in [2.75, 3.05) is 32.8 Å². The minimum absolute atomic E-state index is 0.00734. The molecule has 212 valence electrons. The van der Waals surface area contributed by atoms with Crippen LogP contribution in [0.15, 0.2) is 36.4 Å². The van der Waals surface area contributed by atoms with E-state index >= 15 is 0 Å². The minimum Gasteiger partial charge on any atom is -0.493 e. The Morgan fingerprint density at radius 3 is 2.44 bits per heavy atom. The van der Waals surface area contributed by atoms with E-state index in [0.29, 0.717) is 39.9 Å². The van der Waals surface area contributed by atoms with Crippen LogP contribution >= 0.6 is 11.6 Å². The van der Waals surface area contributed by atoms with Crippen LogP contribution in [-0.4, -0.2) is 57.7 Å². The number of benzene rings is 2. The van der Waals surface area contributed by atoms with Gasteiger partial charge in [0, 0.05) is 41.2 Å². The lowest BCUT2D eigenvalue weighted by molar-refractivity contribution is -0.141. The van der Waals surface area contributed by atoms with Crippen molar-refractivity contribution < 1.29 is 33.3 Å². The van der Waals surface area contributed by atoms with E-state index in [9.17, 15) is 14.4 Å². The number of hydrogen-bond donors (Lipinski definition) is 1. The molecule has 39 heavy (non-hydrogen) atoms. The van der Waals surface area contributed by atoms with Crippen LogP contribution in [0.5, 0.6) is 11.5 Å². The summed E-state index contributed by atoms with van der Waals surface area (Å²) in [5.41, 5.74) is 7.71. The highest BCUT2D eigenvalue weighted by atomic mass is 35.5. The maximum Gasteiger partial charge on any atom is 0.305 e. The summed E-state index contributed by atoms with van der Waals surface area (Å²) in [5.74, 6) is -0.303. The summed E-state index contributed by atoms with van der Waals surface area (Å²) < 4.78 is 22.3. The van der Waals surface area contributed by atoms with E-state index in [-0.39, 0.29) is 30.6 Å². The number of amides is 1. The van der Waals surface area contributed by atoms with Crippen LogP contribution in [0.3, 0.4) is 0 Å². The van der Waals surface area contributed by atoms with Crippen molar-refractivity contribution in [2.45, 2.75) is 58.3 Å². The Bertz CT molecular complexity index is 1210. The molecule has 0 aromatic heterocycles. The Morgan fingerprint density at radius 2 is 1.82 bits per heavy atom. The van der Waals surface area contributed by atoms with Crippen molar-refractivity contribution in [3.8, 4) is 11.5 Å². The van der Waals surface area contributed by atoms with Gasteiger partial charge in [0.05, 0.1) is 27.4 Å². The summed E-state index contributed by atoms with van der Waals surface area (Å²) in [6.07, 6.45) is -2.15. The summed E-state index contributed by atoms with van der Waals surface area (Å²) in [7, 11) is 4.33. The number of methoxy groups -OCH3 is 3. The number of ether oxygens (including phenoxy) is 4. The molecule has 1 unspecified atom stereocenters. The number of rotatable bonds is 10. The number of carbonyl (C=O) groups is 3. The molecule has 0 saturated heterocycles. The fourth-order valence-corrected chi connectivity index (χ4v) is 4.75. The van der Waals surface area contributed by atoms with E-state index in [1.165, 1.54) is 21.3 Å². The van der Waals surface area contributed by atoms with Crippen LogP contribution in [0.1, 0.15) is 57.3 Å². The molecule has 10 heteroatoms. The van der Waals surface area contributed by atoms with E-state index in [2.05, 4.69) is 4.74 Å². The molecule has 0 bridgehead atoms. The number of ketones is 1. The molecule has 1 heterocycles. The van der Waals surface area contributed by atoms with E-state index in [0.717, 1.165) is 0 Å². The van der Waals surface area contributed by atoms with Crippen LogP contribution in [-0.2, 0) is 23.9 Å². The minimum atomic E-state index is -1.16. The third kappa shape index (κ3) is 7.29. The second-order valence-electron chi connectivity index (χ2n) is 10.7. The average Bonchev–Trinajstić information content (AvgIpc) is 3.00. The zero-order valence-electron chi connectivity index (χ0n) is 23.3. The average molecular weight is 561 g/mol. The number of carbonyl (C=O) groups excluding carboxylic acids is 3. The highest BCUT2D eigenvalue weighted by Gasteiger charge is 2.40. The Morgan fingerprint density at radius 1 is 1.10 bits per heavy atom. The molecule has 0 fully saturated rings. The molecule has 0 aliphatic carbocycles. The van der Waals surface area contributed by atoms with E-state index in [1.807, 2.05) is 26.8 Å². The lowest BCUT2D eigenvalue weighted by Crippen LogP contribution is -2.45. The summed E-state index contributed by atoms with van der Waals surface area (Å²) in [6.45, 7) is 6.43. The summed E-state index contributed by atoms with van der Waals surface area (Å²) in [5, 5.41) is 0.465. The molecule has 9 nitrogen and oxygen atoms in total. The number of hydrogen-bond acceptors (Lipinski definition) is 8. The SMILES string of the molecule is COC(=O)CCC(N)C(=O)C[C@H]1O[C@H](c2cccc(OC)c2OC)c2cc(Cl)ccc2N(CC(C)(C)C)C1=O. The number of Topliss-reactive ketones (excluding diaryl/α,β-unsaturated/α-hetero) is 1. The van der Waals surface area contributed by atoms with Crippen molar-refractivity contribution in [3.05, 3.63) is 52.5 Å². The van der Waals surface area contributed by atoms with Crippen molar-refractivity contribution in [3.63, 3.8) is 0 Å². The first-order valence-electron chi connectivity index (χ1n) is 12.7. The number of nitrogens with two attached hydrogens (primary N) is 1. The van der Waals surface area contributed by atoms with Crippen molar-refractivity contribution in [1.82, 2.24) is 0 Å². The van der Waals surface area contributed by atoms with E-state index in [1.54, 1.807) is 35.2 Å². The second kappa shape index (κ2) is 12.8. The van der Waals surface area contributed by atoms with Crippen LogP contribution in [0.25, 0.3) is 0 Å². The van der Waals surface area contributed by atoms with Crippen LogP contribution < -0.4 is 20.1 Å². The van der Waals surface area contributed by atoms with Gasteiger partial charge in [-0.25, -0.2) is 0 Å². The molecule has 2 aromatic carbocycles. The summed E-state index contributed by atoms with van der Waals surface area (Å²) in [6, 6.07) is 9.69. The number of anilines is 1. The Hall–Kier alpha value is -3.14. The third-order valence-corrected chi connectivity index (χ3v) is 6.68. The molecular weight excluding hydrogens is 524 g/mol. The van der Waals surface area contributed by atoms with Gasteiger partial charge in [-0.1, -0.05) is 44.5 Å². The molecule has 0 spiro atoms. The van der Waals surface area contributed by atoms with Gasteiger partial charge < -0.3 is 29.6 Å². The van der Waals surface area contributed by atoms with Crippen molar-refractivity contribution >= 4 is 34.9 Å². The predicted molar refractivity (Wildman–Crippen MR) is 148 cm³/mol. The first kappa shape index (κ1) is 30.4. The second-order valence-corrected chi connectivity index (χ2v) is 11.1. The molecule has 2 N–H and O–H groups in total. The number of nitrogens with zero attached hydrogens (tertiary/aromatic N) is 1. The summed E-state index contributed by atoms with van der Waals surface area (Å²) in [4.78, 5) is 40.4. The van der Waals surface area contributed by atoms with Gasteiger partial charge in [0.2, 0.25) is 0 Å². The number of fused-ring (bicyclic) bond motifs is 1. The lowest BCUT2D eigenvalue weighted by Gasteiger charge is -2.31. The molecule has 3 rings (SSSR count). The fourth-order valence-electron chi connectivity index (χ4n) is 4.57. The molecule has 3 atom stereocenters. The van der Waals surface area contributed by atoms with Gasteiger partial charge in [-0.15, -0.1) is 0 Å². The van der Waals surface area contributed by atoms with Crippen LogP contribution in [0, 0.1) is 5.41 Å². The fraction of sp³-hybridized carbons (Fsp3) is 0.483. The maximum atomic E-state index is 14.0. The predicted octanol–water partition coefficient (Wildman–Crippen LogP) is 4.46. The number of halogens is 1. The third-order valence-electron chi connectivity index (χ3n) is 6.44. The highest BCUT2D eigenvalue weighted by Crippen LogP contribution is 2.45. The topological polar surface area (TPSA) is 117 Å². The van der Waals surface area contributed by atoms with E-state index in [4.69, 9.17) is 31.5 Å². The molecule has 2 aromatic rings. The van der Waals surface area contributed by atoms with Gasteiger partial charge in [-0.05, 0) is 36.1 Å². The Balaban J connectivity index is 2.12. The quantitative estimate of drug-likeness (QED) is 0.423. The molecule has 1 aliphatic heterocycles. The standard InChI is InChI=1S/C29H37ClN2O7/c1-29(2,3)16-32-21-12-10-17(30)14-19(21)26(18-8-7-9-23(36-4)27(18)38-6)39-24(28(32)35)15-22(33)20(31)11-13-25(34)37-5/h7-10,12,14,20,24,26H,11,13,15-16,31H2,1-6H3/t20?,24-,26-/m1/s1. The number of esters is 1. The monoisotopic (exact) mass is 560 g/mol. The van der Waals surface area contributed by atoms with Crippen molar-refractivity contribution in [2.24, 2.45) is 11.1 Å². The normalized spacial score (nSPS) is 18.2. The molecule has 1 amide bonds. The smallest absolute Gasteiger partial charge is 0.305 e. The molecule has 0 radical (unpaired) electrons. The van der Waals surface area contributed by atoms with Gasteiger partial charge >= 0.3 is 5.97 Å². The zero-order valence-corrected chi connectivity index (χ0v) is 24.0. The van der Waals surface area contributed by atoms with Gasteiger partial charge in [-0.3, -0.25) is 14.4 Å². The highest BCUT2D eigenvalue weighted by molar-refractivity contribution is 6.30. The first-order chi connectivity index (χ1) is 18.4. The van der Waals surface area contributed by atoms with Crippen molar-refractivity contribution in [1.29, 1.82) is 0 Å². The Labute approximate surface area is 234 Å². The molecule has 1 aliphatic rings. The maximum absolute atomic E-state index is 14.0. The van der Waals surface area contributed by atoms with Crippen LogP contribution in [0.2, 0.25) is 5.02 Å². The van der Waals surface area contributed by atoms with E-state index < -0.39 is 30.0 Å². The van der Waals surface area contributed by atoms with Crippen LogP contribution in [0.4, 0.5) is 5.69 Å².